The van der Waals surface area contributed by atoms with Crippen LogP contribution in [-0.4, -0.2) is 14.5 Å². The Hall–Kier alpha value is -5.88. The summed E-state index contributed by atoms with van der Waals surface area (Å²) in [4.78, 5) is 12.1. The Morgan fingerprint density at radius 1 is 0.549 bits per heavy atom. The predicted octanol–water partition coefficient (Wildman–Crippen LogP) is 13.1. The van der Waals surface area contributed by atoms with E-state index in [-0.39, 0.29) is 0 Å². The molecule has 0 radical (unpaired) electrons. The Morgan fingerprint density at radius 3 is 1.82 bits per heavy atom. The van der Waals surface area contributed by atoms with Gasteiger partial charge in [-0.05, 0) is 66.9 Å². The largest absolute Gasteiger partial charge is 0.309 e. The van der Waals surface area contributed by atoms with Gasteiger partial charge in [-0.15, -0.1) is 22.7 Å². The number of aryl methyl sites for hydroxylation is 1. The molecule has 1 aliphatic carbocycles. The van der Waals surface area contributed by atoms with Crippen molar-refractivity contribution < 1.29 is 0 Å². The van der Waals surface area contributed by atoms with Crippen molar-refractivity contribution in [3.05, 3.63) is 156 Å². The van der Waals surface area contributed by atoms with E-state index in [0.29, 0.717) is 0 Å². The molecule has 1 aliphatic rings. The van der Waals surface area contributed by atoms with E-state index in [2.05, 4.69) is 156 Å². The summed E-state index contributed by atoms with van der Waals surface area (Å²) in [5.41, 5.74) is 10.0. The first-order valence-electron chi connectivity index (χ1n) is 17.4. The molecule has 0 saturated heterocycles. The molecule has 10 aromatic rings. The van der Waals surface area contributed by atoms with E-state index < -0.39 is 0 Å². The number of nitrogens with zero attached hydrogens (tertiary/aromatic N) is 3. The number of benzene rings is 6. The van der Waals surface area contributed by atoms with Crippen LogP contribution in [0.5, 0.6) is 0 Å². The van der Waals surface area contributed by atoms with Crippen LogP contribution in [0.15, 0.2) is 146 Å². The quantitative estimate of drug-likeness (QED) is 0.184. The molecule has 11 rings (SSSR count). The molecule has 0 spiro atoms. The van der Waals surface area contributed by atoms with Crippen LogP contribution in [0.4, 0.5) is 0 Å². The topological polar surface area (TPSA) is 30.7 Å². The second-order valence-electron chi connectivity index (χ2n) is 13.2. The monoisotopic (exact) mass is 687 g/mol. The van der Waals surface area contributed by atoms with Gasteiger partial charge in [0.05, 0.1) is 22.4 Å². The molecular formula is C46H29N3S2. The van der Waals surface area contributed by atoms with Gasteiger partial charge in [-0.2, -0.15) is 0 Å². The Labute approximate surface area is 302 Å². The Kier molecular flexibility index (Phi) is 6.42. The molecule has 0 N–H and O–H groups in total. The summed E-state index contributed by atoms with van der Waals surface area (Å²) in [5.74, 6) is 0.737. The van der Waals surface area contributed by atoms with Crippen molar-refractivity contribution in [2.75, 3.05) is 0 Å². The number of hydrogen-bond acceptors (Lipinski definition) is 4. The molecule has 0 atom stereocenters. The Bertz CT molecular complexity index is 2910. The molecule has 0 aliphatic heterocycles. The molecule has 0 fully saturated rings. The summed E-state index contributed by atoms with van der Waals surface area (Å²) in [6.07, 6.45) is 6.80. The van der Waals surface area contributed by atoms with Crippen molar-refractivity contribution in [3.63, 3.8) is 0 Å². The zero-order valence-electron chi connectivity index (χ0n) is 27.5. The highest BCUT2D eigenvalue weighted by atomic mass is 32.1. The smallest absolute Gasteiger partial charge is 0.161 e. The van der Waals surface area contributed by atoms with Gasteiger partial charge in [-0.3, -0.25) is 0 Å². The highest BCUT2D eigenvalue weighted by Gasteiger charge is 2.23. The summed E-state index contributed by atoms with van der Waals surface area (Å²) in [6, 6.07) is 50.0. The average molecular weight is 688 g/mol. The highest BCUT2D eigenvalue weighted by Crippen LogP contribution is 2.48. The fourth-order valence-corrected chi connectivity index (χ4v) is 10.4. The predicted molar refractivity (Wildman–Crippen MR) is 218 cm³/mol. The van der Waals surface area contributed by atoms with Gasteiger partial charge in [0.1, 0.15) is 0 Å². The minimum Gasteiger partial charge on any atom is -0.309 e. The number of allylic oxidation sites excluding steroid dienone is 1. The lowest BCUT2D eigenvalue weighted by Crippen LogP contribution is -1.99. The number of hydrogen-bond donors (Lipinski definition) is 0. The first-order chi connectivity index (χ1) is 25.3. The number of aromatic nitrogens is 3. The Morgan fingerprint density at radius 2 is 1.16 bits per heavy atom. The maximum Gasteiger partial charge on any atom is 0.161 e. The van der Waals surface area contributed by atoms with Crippen molar-refractivity contribution >= 4 is 80.8 Å². The molecule has 0 amide bonds. The summed E-state index contributed by atoms with van der Waals surface area (Å²) < 4.78 is 6.31. The van der Waals surface area contributed by atoms with Crippen molar-refractivity contribution in [1.82, 2.24) is 14.5 Å². The molecule has 0 unspecified atom stereocenters. The first kappa shape index (κ1) is 28.9. The van der Waals surface area contributed by atoms with Crippen LogP contribution < -0.4 is 0 Å². The van der Waals surface area contributed by atoms with E-state index in [0.717, 1.165) is 52.4 Å². The number of para-hydroxylation sites is 2. The van der Waals surface area contributed by atoms with E-state index in [1.54, 1.807) is 0 Å². The van der Waals surface area contributed by atoms with Crippen LogP contribution in [0.1, 0.15) is 16.9 Å². The maximum absolute atomic E-state index is 5.37. The standard InChI is InChI=1S/C46H29N3S2/c1-3-13-28(14-4-1)36-27-37(29-15-5-2-6-16-29)48-46(47-36)35-26-30(49-38-20-10-7-17-31(38)32-18-8-11-21-39(32)49)25-34-44-42(51-45(34)35)24-23-41-43(44)33-19-9-12-22-40(33)50-41/h1-8,10-18,20-27H,9,19H2. The van der Waals surface area contributed by atoms with Crippen LogP contribution in [0.3, 0.4) is 0 Å². The van der Waals surface area contributed by atoms with Gasteiger partial charge in [0.25, 0.3) is 0 Å². The van der Waals surface area contributed by atoms with Crippen molar-refractivity contribution in [1.29, 1.82) is 0 Å². The summed E-state index contributed by atoms with van der Waals surface area (Å²) >= 11 is 3.79. The molecular weight excluding hydrogens is 659 g/mol. The first-order valence-corrected chi connectivity index (χ1v) is 19.0. The van der Waals surface area contributed by atoms with Gasteiger partial charge in [0.2, 0.25) is 0 Å². The van der Waals surface area contributed by atoms with Gasteiger partial charge in [-0.25, -0.2) is 9.97 Å². The minimum atomic E-state index is 0.737. The molecule has 4 aromatic heterocycles. The van der Waals surface area contributed by atoms with Gasteiger partial charge in [0, 0.05) is 68.3 Å². The van der Waals surface area contributed by atoms with Crippen LogP contribution in [-0.2, 0) is 6.42 Å². The molecule has 0 saturated carbocycles. The summed E-state index contributed by atoms with van der Waals surface area (Å²) in [7, 11) is 0. The van der Waals surface area contributed by atoms with Crippen LogP contribution >= 0.6 is 22.7 Å². The molecule has 4 heterocycles. The third kappa shape index (κ3) is 4.48. The van der Waals surface area contributed by atoms with Gasteiger partial charge in [0.15, 0.2) is 5.82 Å². The Balaban J connectivity index is 1.29. The maximum atomic E-state index is 5.37. The summed E-state index contributed by atoms with van der Waals surface area (Å²) in [5, 5.41) is 6.53. The molecule has 0 bridgehead atoms. The lowest BCUT2D eigenvalue weighted by atomic mass is 9.97. The second-order valence-corrected chi connectivity index (χ2v) is 15.4. The molecule has 5 heteroatoms. The number of rotatable bonds is 4. The van der Waals surface area contributed by atoms with Gasteiger partial charge < -0.3 is 4.57 Å². The van der Waals surface area contributed by atoms with Crippen molar-refractivity contribution in [2.45, 2.75) is 12.8 Å². The lowest BCUT2D eigenvalue weighted by molar-refractivity contribution is 1.01. The molecule has 51 heavy (non-hydrogen) atoms. The zero-order valence-corrected chi connectivity index (χ0v) is 29.1. The number of thiophene rings is 2. The summed E-state index contributed by atoms with van der Waals surface area (Å²) in [6.45, 7) is 0. The van der Waals surface area contributed by atoms with Gasteiger partial charge >= 0.3 is 0 Å². The fourth-order valence-electron chi connectivity index (χ4n) is 8.00. The van der Waals surface area contributed by atoms with E-state index in [1.807, 2.05) is 22.7 Å². The van der Waals surface area contributed by atoms with Crippen molar-refractivity contribution in [3.8, 4) is 39.6 Å². The highest BCUT2D eigenvalue weighted by molar-refractivity contribution is 7.27. The molecule has 240 valence electrons. The fraction of sp³-hybridized carbons (Fsp3) is 0.0435. The van der Waals surface area contributed by atoms with Gasteiger partial charge in [-0.1, -0.05) is 103 Å². The lowest BCUT2D eigenvalue weighted by Gasteiger charge is -2.14. The second kappa shape index (κ2) is 11.3. The third-order valence-electron chi connectivity index (χ3n) is 10.3. The molecule has 6 aromatic carbocycles. The van der Waals surface area contributed by atoms with Crippen molar-refractivity contribution in [2.24, 2.45) is 0 Å². The third-order valence-corrected chi connectivity index (χ3v) is 12.6. The van der Waals surface area contributed by atoms with E-state index in [4.69, 9.17) is 9.97 Å². The van der Waals surface area contributed by atoms with Crippen LogP contribution in [0.2, 0.25) is 0 Å². The average Bonchev–Trinajstić information content (AvgIpc) is 3.87. The number of fused-ring (bicyclic) bond motifs is 10. The SMILES string of the molecule is C1=Cc2sc3ccc4sc5c(-c6nc(-c7ccccc7)cc(-c7ccccc7)n6)cc(-n6c7ccccc7c7ccccc76)cc5c4c3c2CC1. The van der Waals surface area contributed by atoms with Crippen LogP contribution in [0, 0.1) is 0 Å². The van der Waals surface area contributed by atoms with E-state index >= 15 is 0 Å². The zero-order chi connectivity index (χ0) is 33.5. The normalized spacial score (nSPS) is 12.9. The van der Waals surface area contributed by atoms with Crippen LogP contribution in [0.25, 0.3) is 97.7 Å². The van der Waals surface area contributed by atoms with E-state index in [1.165, 1.54) is 62.5 Å². The minimum absolute atomic E-state index is 0.737. The molecule has 3 nitrogen and oxygen atoms in total. The van der Waals surface area contributed by atoms with E-state index in [9.17, 15) is 0 Å².